The number of benzene rings is 2. The Bertz CT molecular complexity index is 1410. The van der Waals surface area contributed by atoms with Gasteiger partial charge in [0, 0.05) is 11.5 Å². The van der Waals surface area contributed by atoms with Crippen molar-refractivity contribution in [2.75, 3.05) is 5.33 Å². The van der Waals surface area contributed by atoms with Gasteiger partial charge in [-0.3, -0.25) is 24.3 Å². The number of imide groups is 1. The summed E-state index contributed by atoms with van der Waals surface area (Å²) in [5, 5.41) is 12.8. The van der Waals surface area contributed by atoms with Crippen LogP contribution in [0.15, 0.2) is 78.1 Å². The van der Waals surface area contributed by atoms with E-state index >= 15 is 0 Å². The zero-order valence-corrected chi connectivity index (χ0v) is 24.5. The summed E-state index contributed by atoms with van der Waals surface area (Å²) in [5.74, 6) is -4.58. The van der Waals surface area contributed by atoms with Crippen LogP contribution in [0.25, 0.3) is 0 Å². The molecule has 4 rings (SSSR count). The number of hydrazine groups is 1. The van der Waals surface area contributed by atoms with Crippen LogP contribution in [-0.4, -0.2) is 66.7 Å². The van der Waals surface area contributed by atoms with E-state index in [-0.39, 0.29) is 24.1 Å². The molecule has 0 saturated heterocycles. The molecule has 2 aromatic rings. The van der Waals surface area contributed by atoms with E-state index in [2.05, 4.69) is 15.9 Å². The number of hydrogen-bond acceptors (Lipinski definition) is 7. The third kappa shape index (κ3) is 6.25. The minimum Gasteiger partial charge on any atom is -0.478 e. The van der Waals surface area contributed by atoms with Gasteiger partial charge in [0.25, 0.3) is 17.7 Å². The molecule has 0 spiro atoms. The summed E-state index contributed by atoms with van der Waals surface area (Å²) >= 11 is 3.35. The van der Waals surface area contributed by atoms with Crippen molar-refractivity contribution in [2.24, 2.45) is 0 Å². The summed E-state index contributed by atoms with van der Waals surface area (Å²) < 4.78 is 5.55. The van der Waals surface area contributed by atoms with Crippen molar-refractivity contribution >= 4 is 45.6 Å². The van der Waals surface area contributed by atoms with Crippen LogP contribution in [0.5, 0.6) is 0 Å². The smallest absolute Gasteiger partial charge is 0.358 e. The number of alkyl halides is 1. The van der Waals surface area contributed by atoms with Gasteiger partial charge in [-0.2, -0.15) is 0 Å². The Labute approximate surface area is 245 Å². The molecule has 1 atom stereocenters. The second kappa shape index (κ2) is 12.1. The average Bonchev–Trinajstić information content (AvgIpc) is 3.17. The van der Waals surface area contributed by atoms with Crippen LogP contribution in [0.2, 0.25) is 0 Å². The van der Waals surface area contributed by atoms with Crippen LogP contribution in [-0.2, 0) is 25.7 Å². The molecule has 1 unspecified atom stereocenters. The van der Waals surface area contributed by atoms with Crippen LogP contribution in [0, 0.1) is 0 Å². The highest BCUT2D eigenvalue weighted by Gasteiger charge is 2.47. The molecule has 0 radical (unpaired) electrons. The number of fused-ring (bicyclic) bond motifs is 1. The highest BCUT2D eigenvalue weighted by atomic mass is 79.9. The lowest BCUT2D eigenvalue weighted by atomic mass is 10.1. The molecule has 11 heteroatoms. The highest BCUT2D eigenvalue weighted by molar-refractivity contribution is 9.09. The molecule has 10 nitrogen and oxygen atoms in total. The van der Waals surface area contributed by atoms with Gasteiger partial charge in [0.15, 0.2) is 5.70 Å². The van der Waals surface area contributed by atoms with Crippen molar-refractivity contribution in [1.82, 2.24) is 14.9 Å². The second-order valence-corrected chi connectivity index (χ2v) is 11.3. The van der Waals surface area contributed by atoms with Gasteiger partial charge in [-0.25, -0.2) is 14.6 Å². The third-order valence-corrected chi connectivity index (χ3v) is 6.95. The summed E-state index contributed by atoms with van der Waals surface area (Å²) in [4.78, 5) is 68.2. The summed E-state index contributed by atoms with van der Waals surface area (Å²) in [7, 11) is 0. The normalized spacial score (nSPS) is 15.8. The number of carboxylic acids is 1. The van der Waals surface area contributed by atoms with Gasteiger partial charge >= 0.3 is 11.9 Å². The lowest BCUT2D eigenvalue weighted by Gasteiger charge is -2.41. The Morgan fingerprint density at radius 2 is 1.54 bits per heavy atom. The third-order valence-electron chi connectivity index (χ3n) is 6.39. The maximum atomic E-state index is 14.5. The summed E-state index contributed by atoms with van der Waals surface area (Å²) in [6.07, 6.45) is 3.08. The fourth-order valence-electron chi connectivity index (χ4n) is 4.64. The first-order valence-corrected chi connectivity index (χ1v) is 14.1. The van der Waals surface area contributed by atoms with E-state index in [0.29, 0.717) is 11.8 Å². The average molecular weight is 624 g/mol. The Morgan fingerprint density at radius 3 is 2.07 bits per heavy atom. The van der Waals surface area contributed by atoms with Crippen molar-refractivity contribution in [1.29, 1.82) is 0 Å². The predicted molar refractivity (Wildman–Crippen MR) is 152 cm³/mol. The molecule has 214 valence electrons. The molecule has 3 amide bonds. The maximum absolute atomic E-state index is 14.5. The van der Waals surface area contributed by atoms with Gasteiger partial charge in [-0.15, -0.1) is 0 Å². The van der Waals surface area contributed by atoms with Crippen molar-refractivity contribution in [3.63, 3.8) is 0 Å². The number of carbonyl (C=O) groups excluding carboxylic acids is 4. The number of esters is 1. The number of halogens is 1. The summed E-state index contributed by atoms with van der Waals surface area (Å²) in [6.45, 7) is 4.94. The van der Waals surface area contributed by atoms with Crippen LogP contribution in [0.4, 0.5) is 0 Å². The second-order valence-electron chi connectivity index (χ2n) is 10.5. The van der Waals surface area contributed by atoms with E-state index in [1.54, 1.807) is 45.0 Å². The molecule has 41 heavy (non-hydrogen) atoms. The molecular weight excluding hydrogens is 594 g/mol. The number of carboxylic acid groups (broad SMARTS) is 1. The van der Waals surface area contributed by atoms with Gasteiger partial charge in [0.1, 0.15) is 11.6 Å². The molecular formula is C30H30BrN3O7. The minimum absolute atomic E-state index is 0.0684. The molecule has 1 N–H and O–H groups in total. The molecule has 2 aliphatic heterocycles. The van der Waals surface area contributed by atoms with Gasteiger partial charge in [0.2, 0.25) is 0 Å². The number of amides is 3. The Hall–Kier alpha value is -4.25. The van der Waals surface area contributed by atoms with Crippen LogP contribution in [0.1, 0.15) is 59.9 Å². The lowest BCUT2D eigenvalue weighted by Crippen LogP contribution is -2.56. The van der Waals surface area contributed by atoms with Gasteiger partial charge in [0.05, 0.1) is 23.2 Å². The first-order chi connectivity index (χ1) is 19.4. The van der Waals surface area contributed by atoms with Crippen LogP contribution in [0.3, 0.4) is 0 Å². The largest absolute Gasteiger partial charge is 0.478 e. The van der Waals surface area contributed by atoms with E-state index in [1.807, 2.05) is 18.2 Å². The Kier molecular flexibility index (Phi) is 8.77. The zero-order chi connectivity index (χ0) is 29.9. The van der Waals surface area contributed by atoms with E-state index < -0.39 is 52.6 Å². The first-order valence-electron chi connectivity index (χ1n) is 13.0. The number of rotatable bonds is 9. The fraction of sp³-hybridized carbons (Fsp3) is 0.300. The number of nitrogens with zero attached hydrogens (tertiary/aromatic N) is 3. The molecule has 0 saturated carbocycles. The monoisotopic (exact) mass is 623 g/mol. The molecule has 0 fully saturated rings. The van der Waals surface area contributed by atoms with Crippen molar-refractivity contribution in [2.45, 2.75) is 51.8 Å². The fourth-order valence-corrected chi connectivity index (χ4v) is 4.96. The van der Waals surface area contributed by atoms with Gasteiger partial charge < -0.3 is 9.84 Å². The van der Waals surface area contributed by atoms with E-state index in [0.717, 1.165) is 15.5 Å². The van der Waals surface area contributed by atoms with Crippen LogP contribution >= 0.6 is 15.9 Å². The molecule has 2 heterocycles. The van der Waals surface area contributed by atoms with Crippen molar-refractivity contribution in [3.8, 4) is 0 Å². The number of hydrogen-bond donors (Lipinski definition) is 1. The molecule has 2 aromatic carbocycles. The van der Waals surface area contributed by atoms with Crippen molar-refractivity contribution < 1.29 is 33.8 Å². The SMILES string of the molecule is CC(C)(C)OC(=O)C1=C(C(=O)O)C=CN(Cc2ccccc2)N1C(=O)C(CCCBr)N1C(=O)c2ccccc2C1=O. The number of aliphatic carboxylic acids is 1. The summed E-state index contributed by atoms with van der Waals surface area (Å²) in [5.41, 5.74) is -0.887. The quantitative estimate of drug-likeness (QED) is 0.249. The number of carbonyl (C=O) groups is 5. The van der Waals surface area contributed by atoms with Gasteiger partial charge in [-0.1, -0.05) is 58.4 Å². The maximum Gasteiger partial charge on any atom is 0.358 e. The van der Waals surface area contributed by atoms with E-state index in [4.69, 9.17) is 4.74 Å². The molecule has 2 aliphatic rings. The zero-order valence-electron chi connectivity index (χ0n) is 22.9. The molecule has 0 aromatic heterocycles. The van der Waals surface area contributed by atoms with Gasteiger partial charge in [-0.05, 0) is 57.4 Å². The first kappa shape index (κ1) is 29.7. The van der Waals surface area contributed by atoms with Crippen molar-refractivity contribution in [3.05, 3.63) is 94.8 Å². The lowest BCUT2D eigenvalue weighted by molar-refractivity contribution is -0.162. The predicted octanol–water partition coefficient (Wildman–Crippen LogP) is 4.28. The molecule has 0 aliphatic carbocycles. The number of ether oxygens (including phenoxy) is 1. The van der Waals surface area contributed by atoms with E-state index in [9.17, 15) is 29.1 Å². The molecule has 0 bridgehead atoms. The van der Waals surface area contributed by atoms with E-state index in [1.165, 1.54) is 29.4 Å². The topological polar surface area (TPSA) is 125 Å². The van der Waals surface area contributed by atoms with Crippen LogP contribution < -0.4 is 0 Å². The summed E-state index contributed by atoms with van der Waals surface area (Å²) in [6, 6.07) is 14.0. The minimum atomic E-state index is -1.45. The Morgan fingerprint density at radius 1 is 0.951 bits per heavy atom. The highest BCUT2D eigenvalue weighted by Crippen LogP contribution is 2.32. The Balaban J connectivity index is 1.85. The standard InChI is InChI=1S/C30H30BrN3O7/c1-30(2,3)41-29(40)24-22(28(38)39)15-17-32(18-19-10-5-4-6-11-19)34(24)27(37)23(14-9-16-31)33-25(35)20-12-7-8-13-21(20)26(33)36/h4-8,10-13,15,17,23H,9,14,16,18H2,1-3H3,(H,38,39).